The van der Waals surface area contributed by atoms with Gasteiger partial charge in [0.1, 0.15) is 12.2 Å². The van der Waals surface area contributed by atoms with Crippen LogP contribution in [0.3, 0.4) is 0 Å². The molecule has 1 aromatic heterocycles. The average Bonchev–Trinajstić information content (AvgIpc) is 2.85. The van der Waals surface area contributed by atoms with Crippen LogP contribution < -0.4 is 10.5 Å². The average molecular weight is 301 g/mol. The van der Waals surface area contributed by atoms with Crippen LogP contribution in [0.5, 0.6) is 0 Å². The lowest BCUT2D eigenvalue weighted by Crippen LogP contribution is -2.37. The largest absolute Gasteiger partial charge is 0.423 e. The standard InChI is InChI=1S/C13H14F3N3O2/c1-2-6-21-8-9-4-3-5-19(9)10-7-17-18-12(20)11(10)13(14,15)16/h1,7,9H,3-6,8H2,(H,18,20). The zero-order chi connectivity index (χ0) is 15.5. The van der Waals surface area contributed by atoms with Gasteiger partial charge in [-0.05, 0) is 12.8 Å². The maximum absolute atomic E-state index is 13.1. The predicted octanol–water partition coefficient (Wildman–Crippen LogP) is 1.41. The molecule has 1 aliphatic heterocycles. The third kappa shape index (κ3) is 3.36. The van der Waals surface area contributed by atoms with Crippen LogP contribution in [-0.4, -0.2) is 36.0 Å². The number of hydrogen-bond donors (Lipinski definition) is 1. The summed E-state index contributed by atoms with van der Waals surface area (Å²) in [6, 6.07) is -0.247. The van der Waals surface area contributed by atoms with E-state index in [1.807, 2.05) is 5.10 Å². The van der Waals surface area contributed by atoms with E-state index in [2.05, 4.69) is 11.0 Å². The summed E-state index contributed by atoms with van der Waals surface area (Å²) in [6.45, 7) is 0.733. The Morgan fingerprint density at radius 2 is 2.33 bits per heavy atom. The summed E-state index contributed by atoms with van der Waals surface area (Å²) in [7, 11) is 0. The number of aromatic amines is 1. The number of H-pyrrole nitrogens is 1. The van der Waals surface area contributed by atoms with Crippen LogP contribution in [0, 0.1) is 12.3 Å². The van der Waals surface area contributed by atoms with Crippen molar-refractivity contribution in [1.82, 2.24) is 10.2 Å². The van der Waals surface area contributed by atoms with E-state index in [0.29, 0.717) is 19.4 Å². The van der Waals surface area contributed by atoms with Crippen LogP contribution in [0.25, 0.3) is 0 Å². The van der Waals surface area contributed by atoms with Crippen molar-refractivity contribution in [3.05, 3.63) is 22.1 Å². The SMILES string of the molecule is C#CCOCC1CCCN1c1cn[nH]c(=O)c1C(F)(F)F. The number of halogens is 3. The molecule has 0 bridgehead atoms. The lowest BCUT2D eigenvalue weighted by Gasteiger charge is -2.28. The van der Waals surface area contributed by atoms with E-state index >= 15 is 0 Å². The number of alkyl halides is 3. The van der Waals surface area contributed by atoms with Crippen molar-refractivity contribution < 1.29 is 17.9 Å². The molecule has 0 saturated carbocycles. The molecule has 8 heteroatoms. The van der Waals surface area contributed by atoms with Crippen LogP contribution >= 0.6 is 0 Å². The Kier molecular flexibility index (Phi) is 4.53. The van der Waals surface area contributed by atoms with E-state index in [-0.39, 0.29) is 24.9 Å². The molecule has 0 aromatic carbocycles. The predicted molar refractivity (Wildman–Crippen MR) is 69.9 cm³/mol. The highest BCUT2D eigenvalue weighted by Crippen LogP contribution is 2.36. The molecule has 2 heterocycles. The molecule has 1 fully saturated rings. The molecule has 1 N–H and O–H groups in total. The molecule has 0 spiro atoms. The molecule has 1 aliphatic rings. The zero-order valence-corrected chi connectivity index (χ0v) is 11.1. The maximum atomic E-state index is 13.1. The van der Waals surface area contributed by atoms with Crippen LogP contribution in [0.2, 0.25) is 0 Å². The van der Waals surface area contributed by atoms with Crippen LogP contribution in [0.15, 0.2) is 11.0 Å². The highest BCUT2D eigenvalue weighted by Gasteiger charge is 2.40. The molecule has 1 aromatic rings. The number of aromatic nitrogens is 2. The Morgan fingerprint density at radius 3 is 3.00 bits per heavy atom. The van der Waals surface area contributed by atoms with Gasteiger partial charge in [0.05, 0.1) is 24.5 Å². The number of hydrogen-bond acceptors (Lipinski definition) is 4. The number of anilines is 1. The first-order valence-electron chi connectivity index (χ1n) is 6.38. The van der Waals surface area contributed by atoms with E-state index < -0.39 is 17.3 Å². The summed E-state index contributed by atoms with van der Waals surface area (Å²) < 4.78 is 44.4. The number of rotatable bonds is 4. The van der Waals surface area contributed by atoms with Gasteiger partial charge < -0.3 is 9.64 Å². The molecular formula is C13H14F3N3O2. The fourth-order valence-corrected chi connectivity index (χ4v) is 2.46. The van der Waals surface area contributed by atoms with E-state index in [1.165, 1.54) is 4.90 Å². The molecule has 1 unspecified atom stereocenters. The van der Waals surface area contributed by atoms with Gasteiger partial charge in [0.25, 0.3) is 5.56 Å². The molecular weight excluding hydrogens is 287 g/mol. The Balaban J connectivity index is 2.31. The molecule has 2 rings (SSSR count). The Bertz CT molecular complexity index is 592. The third-order valence-corrected chi connectivity index (χ3v) is 3.30. The summed E-state index contributed by atoms with van der Waals surface area (Å²) in [5.41, 5.74) is -2.67. The summed E-state index contributed by atoms with van der Waals surface area (Å²) in [6.07, 6.45) is 2.75. The molecule has 5 nitrogen and oxygen atoms in total. The Labute approximate surface area is 119 Å². The first kappa shape index (κ1) is 15.4. The van der Waals surface area contributed by atoms with Crippen molar-refractivity contribution in [3.63, 3.8) is 0 Å². The number of nitrogens with zero attached hydrogens (tertiary/aromatic N) is 2. The van der Waals surface area contributed by atoms with Crippen LogP contribution in [0.1, 0.15) is 18.4 Å². The lowest BCUT2D eigenvalue weighted by atomic mass is 10.2. The molecule has 1 saturated heterocycles. The van der Waals surface area contributed by atoms with Crippen molar-refractivity contribution in [2.24, 2.45) is 0 Å². The third-order valence-electron chi connectivity index (χ3n) is 3.30. The van der Waals surface area contributed by atoms with E-state index in [1.54, 1.807) is 0 Å². The van der Waals surface area contributed by atoms with Gasteiger partial charge in [-0.25, -0.2) is 5.10 Å². The van der Waals surface area contributed by atoms with E-state index in [9.17, 15) is 18.0 Å². The summed E-state index contributed by atoms with van der Waals surface area (Å²) in [5.74, 6) is 2.30. The second-order valence-electron chi connectivity index (χ2n) is 4.67. The minimum Gasteiger partial charge on any atom is -0.367 e. The Morgan fingerprint density at radius 1 is 1.57 bits per heavy atom. The summed E-state index contributed by atoms with van der Waals surface area (Å²) in [4.78, 5) is 13.0. The van der Waals surface area contributed by atoms with Gasteiger partial charge in [-0.1, -0.05) is 5.92 Å². The maximum Gasteiger partial charge on any atom is 0.423 e. The minimum atomic E-state index is -4.74. The Hall–Kier alpha value is -2.01. The topological polar surface area (TPSA) is 58.2 Å². The number of nitrogens with one attached hydrogen (secondary N) is 1. The van der Waals surface area contributed by atoms with E-state index in [0.717, 1.165) is 6.20 Å². The van der Waals surface area contributed by atoms with Gasteiger partial charge in [-0.2, -0.15) is 18.3 Å². The molecule has 114 valence electrons. The van der Waals surface area contributed by atoms with Gasteiger partial charge >= 0.3 is 6.18 Å². The molecule has 0 aliphatic carbocycles. The summed E-state index contributed by atoms with van der Waals surface area (Å²) in [5, 5.41) is 5.31. The second kappa shape index (κ2) is 6.18. The van der Waals surface area contributed by atoms with Crippen molar-refractivity contribution >= 4 is 5.69 Å². The highest BCUT2D eigenvalue weighted by molar-refractivity contribution is 5.53. The van der Waals surface area contributed by atoms with Crippen molar-refractivity contribution in [2.45, 2.75) is 25.1 Å². The molecule has 1 atom stereocenters. The summed E-state index contributed by atoms with van der Waals surface area (Å²) >= 11 is 0. The van der Waals surface area contributed by atoms with Crippen molar-refractivity contribution in [3.8, 4) is 12.3 Å². The van der Waals surface area contributed by atoms with Gasteiger partial charge in [-0.3, -0.25) is 4.79 Å². The van der Waals surface area contributed by atoms with Gasteiger partial charge in [0, 0.05) is 6.54 Å². The smallest absolute Gasteiger partial charge is 0.367 e. The normalized spacial score (nSPS) is 18.8. The van der Waals surface area contributed by atoms with E-state index in [4.69, 9.17) is 11.2 Å². The number of ether oxygens (including phenoxy) is 1. The first-order chi connectivity index (χ1) is 9.95. The van der Waals surface area contributed by atoms with Crippen molar-refractivity contribution in [1.29, 1.82) is 0 Å². The monoisotopic (exact) mass is 301 g/mol. The fourth-order valence-electron chi connectivity index (χ4n) is 2.46. The molecule has 0 amide bonds. The molecule has 21 heavy (non-hydrogen) atoms. The second-order valence-corrected chi connectivity index (χ2v) is 4.67. The molecule has 0 radical (unpaired) electrons. The van der Waals surface area contributed by atoms with Crippen LogP contribution in [-0.2, 0) is 10.9 Å². The van der Waals surface area contributed by atoms with Gasteiger partial charge in [0.15, 0.2) is 0 Å². The number of terminal acetylenes is 1. The highest BCUT2D eigenvalue weighted by atomic mass is 19.4. The quantitative estimate of drug-likeness (QED) is 0.675. The lowest BCUT2D eigenvalue weighted by molar-refractivity contribution is -0.138. The zero-order valence-electron chi connectivity index (χ0n) is 11.1. The fraction of sp³-hybridized carbons (Fsp3) is 0.538. The van der Waals surface area contributed by atoms with Crippen LogP contribution in [0.4, 0.5) is 18.9 Å². The van der Waals surface area contributed by atoms with Gasteiger partial charge in [-0.15, -0.1) is 6.42 Å². The first-order valence-corrected chi connectivity index (χ1v) is 6.38. The van der Waals surface area contributed by atoms with Gasteiger partial charge in [0.2, 0.25) is 0 Å². The minimum absolute atomic E-state index is 0.101. The van der Waals surface area contributed by atoms with Crippen molar-refractivity contribution in [2.75, 3.05) is 24.7 Å².